The highest BCUT2D eigenvalue weighted by atomic mass is 35.5. The van der Waals surface area contributed by atoms with Crippen molar-refractivity contribution in [2.45, 2.75) is 24.9 Å². The third-order valence-corrected chi connectivity index (χ3v) is 6.63. The van der Waals surface area contributed by atoms with Crippen molar-refractivity contribution in [1.82, 2.24) is 5.32 Å². The third kappa shape index (κ3) is 3.64. The van der Waals surface area contributed by atoms with Gasteiger partial charge in [-0.15, -0.1) is 0 Å². The molecule has 2 aliphatic heterocycles. The lowest BCUT2D eigenvalue weighted by atomic mass is 9.87. The van der Waals surface area contributed by atoms with Crippen molar-refractivity contribution >= 4 is 34.8 Å². The second kappa shape index (κ2) is 7.85. The summed E-state index contributed by atoms with van der Waals surface area (Å²) in [6, 6.07) is 18.3. The van der Waals surface area contributed by atoms with Gasteiger partial charge in [0.15, 0.2) is 0 Å². The fourth-order valence-corrected chi connectivity index (χ4v) is 5.51. The molecule has 2 nitrogen and oxygen atoms in total. The molecular formula is C24H20Cl3NO. The van der Waals surface area contributed by atoms with Crippen molar-refractivity contribution in [3.8, 4) is 16.9 Å². The first-order chi connectivity index (χ1) is 14.1. The van der Waals surface area contributed by atoms with Crippen molar-refractivity contribution in [3.05, 3.63) is 86.4 Å². The normalized spacial score (nSPS) is 20.1. The van der Waals surface area contributed by atoms with E-state index in [4.69, 9.17) is 39.5 Å². The van der Waals surface area contributed by atoms with Crippen LogP contribution in [0, 0.1) is 0 Å². The van der Waals surface area contributed by atoms with E-state index in [2.05, 4.69) is 41.7 Å². The number of hydrogen-bond acceptors (Lipinski definition) is 2. The Morgan fingerprint density at radius 1 is 0.966 bits per heavy atom. The molecule has 1 N–H and O–H groups in total. The van der Waals surface area contributed by atoms with E-state index in [1.54, 1.807) is 12.1 Å². The molecule has 1 saturated heterocycles. The minimum atomic E-state index is 0.229. The van der Waals surface area contributed by atoms with Gasteiger partial charge in [-0.05, 0) is 53.9 Å². The van der Waals surface area contributed by atoms with Crippen LogP contribution < -0.4 is 10.1 Å². The van der Waals surface area contributed by atoms with Crippen LogP contribution in [0.4, 0.5) is 0 Å². The summed E-state index contributed by atoms with van der Waals surface area (Å²) < 4.78 is 6.46. The maximum absolute atomic E-state index is 6.56. The first-order valence-electron chi connectivity index (χ1n) is 9.83. The Morgan fingerprint density at radius 3 is 2.48 bits per heavy atom. The Labute approximate surface area is 185 Å². The van der Waals surface area contributed by atoms with Crippen molar-refractivity contribution in [2.75, 3.05) is 13.1 Å². The van der Waals surface area contributed by atoms with Crippen LogP contribution in [0.15, 0.2) is 54.6 Å². The van der Waals surface area contributed by atoms with Gasteiger partial charge >= 0.3 is 0 Å². The number of halogens is 3. The Kier molecular flexibility index (Phi) is 5.21. The summed E-state index contributed by atoms with van der Waals surface area (Å²) in [6.45, 7) is 1.92. The average molecular weight is 445 g/mol. The summed E-state index contributed by atoms with van der Waals surface area (Å²) in [5, 5.41) is 5.16. The lowest BCUT2D eigenvalue weighted by Gasteiger charge is -2.25. The zero-order chi connectivity index (χ0) is 20.0. The Bertz CT molecular complexity index is 1040. The van der Waals surface area contributed by atoms with E-state index in [0.717, 1.165) is 42.8 Å². The van der Waals surface area contributed by atoms with E-state index < -0.39 is 0 Å². The summed E-state index contributed by atoms with van der Waals surface area (Å²) in [4.78, 5) is 0. The van der Waals surface area contributed by atoms with Crippen molar-refractivity contribution in [2.24, 2.45) is 0 Å². The molecule has 0 aliphatic carbocycles. The average Bonchev–Trinajstić information content (AvgIpc) is 3.07. The molecule has 0 radical (unpaired) electrons. The summed E-state index contributed by atoms with van der Waals surface area (Å²) in [7, 11) is 0. The van der Waals surface area contributed by atoms with Crippen LogP contribution >= 0.6 is 34.8 Å². The zero-order valence-corrected chi connectivity index (χ0v) is 18.0. The summed E-state index contributed by atoms with van der Waals surface area (Å²) in [5.74, 6) is 1.37. The van der Waals surface area contributed by atoms with Gasteiger partial charge in [-0.3, -0.25) is 0 Å². The molecule has 3 aromatic rings. The van der Waals surface area contributed by atoms with Crippen LogP contribution in [0.1, 0.15) is 29.0 Å². The van der Waals surface area contributed by atoms with Crippen molar-refractivity contribution in [3.63, 3.8) is 0 Å². The predicted molar refractivity (Wildman–Crippen MR) is 121 cm³/mol. The van der Waals surface area contributed by atoms with E-state index in [1.165, 1.54) is 16.7 Å². The predicted octanol–water partition coefficient (Wildman–Crippen LogP) is 6.74. The number of piperidine rings is 1. The van der Waals surface area contributed by atoms with Gasteiger partial charge in [-0.2, -0.15) is 0 Å². The van der Waals surface area contributed by atoms with Crippen LogP contribution in [0.3, 0.4) is 0 Å². The largest absolute Gasteiger partial charge is 0.489 e. The fourth-order valence-electron chi connectivity index (χ4n) is 4.48. The maximum atomic E-state index is 6.56. The lowest BCUT2D eigenvalue weighted by Crippen LogP contribution is -2.37. The van der Waals surface area contributed by atoms with Crippen LogP contribution in [-0.4, -0.2) is 19.2 Å². The van der Waals surface area contributed by atoms with E-state index in [-0.39, 0.29) is 6.10 Å². The second-order valence-corrected chi connectivity index (χ2v) is 8.97. The summed E-state index contributed by atoms with van der Waals surface area (Å²) >= 11 is 19.3. The summed E-state index contributed by atoms with van der Waals surface area (Å²) in [5.41, 5.74) is 5.49. The number of hydrogen-bond donors (Lipinski definition) is 1. The van der Waals surface area contributed by atoms with E-state index >= 15 is 0 Å². The number of nitrogens with one attached hydrogen (secondary N) is 1. The maximum Gasteiger partial charge on any atom is 0.126 e. The van der Waals surface area contributed by atoms with E-state index in [0.29, 0.717) is 21.0 Å². The number of fused-ring (bicyclic) bond motifs is 3. The topological polar surface area (TPSA) is 21.3 Å². The smallest absolute Gasteiger partial charge is 0.126 e. The molecule has 148 valence electrons. The Balaban J connectivity index is 1.67. The van der Waals surface area contributed by atoms with Crippen LogP contribution in [0.2, 0.25) is 15.1 Å². The van der Waals surface area contributed by atoms with Gasteiger partial charge in [0, 0.05) is 35.0 Å². The van der Waals surface area contributed by atoms with E-state index in [9.17, 15) is 0 Å². The highest BCUT2D eigenvalue weighted by Crippen LogP contribution is 2.47. The lowest BCUT2D eigenvalue weighted by molar-refractivity contribution is 0.171. The first-order valence-corrected chi connectivity index (χ1v) is 11.0. The molecule has 1 fully saturated rings. The monoisotopic (exact) mass is 443 g/mol. The van der Waals surface area contributed by atoms with Gasteiger partial charge in [0.1, 0.15) is 11.9 Å². The van der Waals surface area contributed by atoms with Crippen molar-refractivity contribution in [1.29, 1.82) is 0 Å². The van der Waals surface area contributed by atoms with Crippen LogP contribution in [0.25, 0.3) is 11.1 Å². The molecule has 5 rings (SSSR count). The Hall–Kier alpha value is -1.71. The molecule has 2 aliphatic rings. The zero-order valence-electron chi connectivity index (χ0n) is 15.7. The summed E-state index contributed by atoms with van der Waals surface area (Å²) in [6.07, 6.45) is 2.04. The molecule has 2 atom stereocenters. The van der Waals surface area contributed by atoms with Gasteiger partial charge in [-0.25, -0.2) is 0 Å². The Morgan fingerprint density at radius 2 is 1.72 bits per heavy atom. The minimum absolute atomic E-state index is 0.229. The number of benzene rings is 3. The minimum Gasteiger partial charge on any atom is -0.489 e. The molecule has 0 spiro atoms. The molecule has 29 heavy (non-hydrogen) atoms. The van der Waals surface area contributed by atoms with Crippen LogP contribution in [0.5, 0.6) is 5.75 Å². The van der Waals surface area contributed by atoms with E-state index in [1.807, 2.05) is 6.07 Å². The standard InChI is InChI=1S/C24H20Cl3NO/c25-17-11-20(26)23(21(27)12-17)15-9-16(8-14-4-2-1-3-5-14)24-18(10-15)19-13-28-7-6-22(19)29-24/h1-5,9-12,19,22,28H,6-8,13H2. The molecule has 0 saturated carbocycles. The second-order valence-electron chi connectivity index (χ2n) is 7.72. The molecule has 3 aromatic carbocycles. The molecule has 0 aromatic heterocycles. The quantitative estimate of drug-likeness (QED) is 0.483. The molecule has 0 amide bonds. The van der Waals surface area contributed by atoms with Gasteiger partial charge in [0.2, 0.25) is 0 Å². The molecule has 2 unspecified atom stereocenters. The van der Waals surface area contributed by atoms with Gasteiger partial charge in [0.05, 0.1) is 10.0 Å². The van der Waals surface area contributed by atoms with Gasteiger partial charge in [0.25, 0.3) is 0 Å². The molecule has 2 heterocycles. The first kappa shape index (κ1) is 19.3. The highest BCUT2D eigenvalue weighted by Gasteiger charge is 2.38. The van der Waals surface area contributed by atoms with Gasteiger partial charge < -0.3 is 10.1 Å². The number of rotatable bonds is 3. The van der Waals surface area contributed by atoms with Crippen LogP contribution in [-0.2, 0) is 6.42 Å². The molecule has 0 bridgehead atoms. The third-order valence-electron chi connectivity index (χ3n) is 5.81. The van der Waals surface area contributed by atoms with Crippen molar-refractivity contribution < 1.29 is 4.74 Å². The number of ether oxygens (including phenoxy) is 1. The molecular weight excluding hydrogens is 425 g/mol. The SMILES string of the molecule is Clc1cc(Cl)c(-c2cc(Cc3ccccc3)c3c(c2)C2CNCCC2O3)c(Cl)c1. The fraction of sp³-hybridized carbons (Fsp3) is 0.250. The van der Waals surface area contributed by atoms with Gasteiger partial charge in [-0.1, -0.05) is 65.1 Å². The molecule has 5 heteroatoms. The highest BCUT2D eigenvalue weighted by molar-refractivity contribution is 6.41.